The van der Waals surface area contributed by atoms with E-state index in [4.69, 9.17) is 4.42 Å². The van der Waals surface area contributed by atoms with Crippen molar-refractivity contribution in [3.63, 3.8) is 0 Å². The molecule has 1 saturated heterocycles. The quantitative estimate of drug-likeness (QED) is 0.638. The SMILES string of the molecule is Cc1c(C(=O)N2CCN(c3ccccc3)CC2)oc2ccc(Br)cc12. The van der Waals surface area contributed by atoms with E-state index in [1.165, 1.54) is 5.69 Å². The minimum Gasteiger partial charge on any atom is -0.451 e. The third-order valence-corrected chi connectivity index (χ3v) is 5.27. The molecule has 0 bridgehead atoms. The highest BCUT2D eigenvalue weighted by molar-refractivity contribution is 9.10. The fourth-order valence-corrected chi connectivity index (χ4v) is 3.71. The molecule has 4 nitrogen and oxygen atoms in total. The standard InChI is InChI=1S/C20H19BrN2O2/c1-14-17-13-15(21)7-8-18(17)25-19(14)20(24)23-11-9-22(10-12-23)16-5-3-2-4-6-16/h2-8,13H,9-12H2,1H3. The van der Waals surface area contributed by atoms with E-state index in [2.05, 4.69) is 33.0 Å². The van der Waals surface area contributed by atoms with Crippen LogP contribution in [0.1, 0.15) is 16.1 Å². The average Bonchev–Trinajstić information content (AvgIpc) is 2.98. The van der Waals surface area contributed by atoms with Gasteiger partial charge in [0.25, 0.3) is 5.91 Å². The lowest BCUT2D eigenvalue weighted by atomic mass is 10.1. The third kappa shape index (κ3) is 3.04. The second-order valence-electron chi connectivity index (χ2n) is 6.31. The topological polar surface area (TPSA) is 36.7 Å². The number of furan rings is 1. The minimum atomic E-state index is -0.0162. The molecule has 0 aliphatic carbocycles. The molecular weight excluding hydrogens is 380 g/mol. The van der Waals surface area contributed by atoms with Gasteiger partial charge < -0.3 is 14.2 Å². The number of carbonyl (C=O) groups is 1. The van der Waals surface area contributed by atoms with Crippen molar-refractivity contribution >= 4 is 38.5 Å². The summed E-state index contributed by atoms with van der Waals surface area (Å²) in [5.74, 6) is 0.443. The Morgan fingerprint density at radius 1 is 1.04 bits per heavy atom. The van der Waals surface area contributed by atoms with Crippen LogP contribution in [0.3, 0.4) is 0 Å². The zero-order valence-electron chi connectivity index (χ0n) is 14.0. The molecule has 0 radical (unpaired) electrons. The summed E-state index contributed by atoms with van der Waals surface area (Å²) in [6.07, 6.45) is 0. The first-order chi connectivity index (χ1) is 12.1. The molecule has 0 saturated carbocycles. The van der Waals surface area contributed by atoms with Crippen molar-refractivity contribution in [2.45, 2.75) is 6.92 Å². The van der Waals surface area contributed by atoms with Gasteiger partial charge in [-0.25, -0.2) is 0 Å². The number of piperazine rings is 1. The maximum absolute atomic E-state index is 12.9. The molecule has 1 amide bonds. The van der Waals surface area contributed by atoms with Gasteiger partial charge in [-0.15, -0.1) is 0 Å². The molecule has 1 aromatic heterocycles. The predicted octanol–water partition coefficient (Wildman–Crippen LogP) is 4.47. The van der Waals surface area contributed by atoms with E-state index in [9.17, 15) is 4.79 Å². The molecular formula is C20H19BrN2O2. The van der Waals surface area contributed by atoms with Crippen molar-refractivity contribution in [1.82, 2.24) is 4.90 Å². The van der Waals surface area contributed by atoms with Crippen LogP contribution in [0, 0.1) is 6.92 Å². The number of hydrogen-bond donors (Lipinski definition) is 0. The molecule has 3 aromatic rings. The zero-order chi connectivity index (χ0) is 17.4. The molecule has 5 heteroatoms. The number of anilines is 1. The number of hydrogen-bond acceptors (Lipinski definition) is 3. The highest BCUT2D eigenvalue weighted by Gasteiger charge is 2.26. The van der Waals surface area contributed by atoms with Crippen LogP contribution in [-0.2, 0) is 0 Å². The Hall–Kier alpha value is -2.27. The summed E-state index contributed by atoms with van der Waals surface area (Å²) in [6, 6.07) is 16.2. The number of aryl methyl sites for hydroxylation is 1. The summed E-state index contributed by atoms with van der Waals surface area (Å²) < 4.78 is 6.84. The van der Waals surface area contributed by atoms with E-state index in [1.807, 2.05) is 48.2 Å². The number of halogens is 1. The molecule has 0 atom stereocenters. The molecule has 2 aromatic carbocycles. The first-order valence-electron chi connectivity index (χ1n) is 8.41. The normalized spacial score (nSPS) is 15.0. The molecule has 1 aliphatic heterocycles. The van der Waals surface area contributed by atoms with Crippen LogP contribution in [0.2, 0.25) is 0 Å². The number of para-hydroxylation sites is 1. The Morgan fingerprint density at radius 3 is 2.48 bits per heavy atom. The molecule has 2 heterocycles. The smallest absolute Gasteiger partial charge is 0.290 e. The van der Waals surface area contributed by atoms with Crippen molar-refractivity contribution in [2.24, 2.45) is 0 Å². The maximum atomic E-state index is 12.9. The van der Waals surface area contributed by atoms with Gasteiger partial charge in [0.1, 0.15) is 5.58 Å². The number of fused-ring (bicyclic) bond motifs is 1. The van der Waals surface area contributed by atoms with Gasteiger partial charge in [0.15, 0.2) is 5.76 Å². The number of rotatable bonds is 2. The van der Waals surface area contributed by atoms with E-state index >= 15 is 0 Å². The number of nitrogens with zero attached hydrogens (tertiary/aromatic N) is 2. The first kappa shape index (κ1) is 16.2. The lowest BCUT2D eigenvalue weighted by Crippen LogP contribution is -2.48. The summed E-state index contributed by atoms with van der Waals surface area (Å²) in [4.78, 5) is 17.1. The summed E-state index contributed by atoms with van der Waals surface area (Å²) in [7, 11) is 0. The summed E-state index contributed by atoms with van der Waals surface area (Å²) in [5.41, 5.74) is 2.87. The number of carbonyl (C=O) groups excluding carboxylic acids is 1. The molecule has 0 N–H and O–H groups in total. The minimum absolute atomic E-state index is 0.0162. The summed E-state index contributed by atoms with van der Waals surface area (Å²) in [5, 5.41) is 0.987. The van der Waals surface area contributed by atoms with Crippen molar-refractivity contribution in [3.8, 4) is 0 Å². The van der Waals surface area contributed by atoms with Crippen LogP contribution in [-0.4, -0.2) is 37.0 Å². The van der Waals surface area contributed by atoms with Crippen LogP contribution < -0.4 is 4.90 Å². The number of amides is 1. The Kier molecular flexibility index (Phi) is 4.25. The monoisotopic (exact) mass is 398 g/mol. The molecule has 25 heavy (non-hydrogen) atoms. The lowest BCUT2D eigenvalue weighted by molar-refractivity contribution is 0.0716. The van der Waals surface area contributed by atoms with E-state index in [0.717, 1.165) is 34.1 Å². The molecule has 128 valence electrons. The van der Waals surface area contributed by atoms with Crippen LogP contribution in [0.15, 0.2) is 57.4 Å². The van der Waals surface area contributed by atoms with E-state index in [1.54, 1.807) is 0 Å². The van der Waals surface area contributed by atoms with E-state index in [-0.39, 0.29) is 5.91 Å². The zero-order valence-corrected chi connectivity index (χ0v) is 15.6. The van der Waals surface area contributed by atoms with Crippen molar-refractivity contribution in [1.29, 1.82) is 0 Å². The van der Waals surface area contributed by atoms with Gasteiger partial charge in [0.2, 0.25) is 0 Å². The van der Waals surface area contributed by atoms with Crippen molar-refractivity contribution < 1.29 is 9.21 Å². The fourth-order valence-electron chi connectivity index (χ4n) is 3.35. The Morgan fingerprint density at radius 2 is 1.76 bits per heavy atom. The van der Waals surface area contributed by atoms with Crippen molar-refractivity contribution in [3.05, 3.63) is 64.3 Å². The highest BCUT2D eigenvalue weighted by Crippen LogP contribution is 2.29. The van der Waals surface area contributed by atoms with Gasteiger partial charge >= 0.3 is 0 Å². The van der Waals surface area contributed by atoms with E-state index < -0.39 is 0 Å². The van der Waals surface area contributed by atoms with Crippen LogP contribution in [0.25, 0.3) is 11.0 Å². The van der Waals surface area contributed by atoms with Gasteiger partial charge in [-0.05, 0) is 37.3 Å². The predicted molar refractivity (Wildman–Crippen MR) is 103 cm³/mol. The number of benzene rings is 2. The Balaban J connectivity index is 1.52. The van der Waals surface area contributed by atoms with Gasteiger partial charge in [-0.3, -0.25) is 4.79 Å². The van der Waals surface area contributed by atoms with Gasteiger partial charge in [0.05, 0.1) is 0 Å². The molecule has 0 spiro atoms. The first-order valence-corrected chi connectivity index (χ1v) is 9.21. The Bertz CT molecular complexity index is 912. The lowest BCUT2D eigenvalue weighted by Gasteiger charge is -2.35. The van der Waals surface area contributed by atoms with Crippen LogP contribution >= 0.6 is 15.9 Å². The highest BCUT2D eigenvalue weighted by atomic mass is 79.9. The Labute approximate surface area is 155 Å². The van der Waals surface area contributed by atoms with E-state index in [0.29, 0.717) is 18.8 Å². The fraction of sp³-hybridized carbons (Fsp3) is 0.250. The van der Waals surface area contributed by atoms with Crippen LogP contribution in [0.5, 0.6) is 0 Å². The maximum Gasteiger partial charge on any atom is 0.290 e. The third-order valence-electron chi connectivity index (χ3n) is 4.78. The molecule has 4 rings (SSSR count). The summed E-state index contributed by atoms with van der Waals surface area (Å²) in [6.45, 7) is 5.02. The molecule has 1 fully saturated rings. The van der Waals surface area contributed by atoms with Crippen LogP contribution in [0.4, 0.5) is 5.69 Å². The molecule has 0 unspecified atom stereocenters. The van der Waals surface area contributed by atoms with Gasteiger partial charge in [-0.1, -0.05) is 34.1 Å². The average molecular weight is 399 g/mol. The van der Waals surface area contributed by atoms with Gasteiger partial charge in [0, 0.05) is 47.3 Å². The molecule has 1 aliphatic rings. The largest absolute Gasteiger partial charge is 0.451 e. The van der Waals surface area contributed by atoms with Crippen molar-refractivity contribution in [2.75, 3.05) is 31.1 Å². The second kappa shape index (κ2) is 6.56. The summed E-state index contributed by atoms with van der Waals surface area (Å²) >= 11 is 3.48. The second-order valence-corrected chi connectivity index (χ2v) is 7.23. The van der Waals surface area contributed by atoms with Gasteiger partial charge in [-0.2, -0.15) is 0 Å².